The molecular formula is C21H17ClN4O4S2. The van der Waals surface area contributed by atoms with Gasteiger partial charge in [-0.25, -0.2) is 4.79 Å². The molecule has 3 heterocycles. The quantitative estimate of drug-likeness (QED) is 0.289. The van der Waals surface area contributed by atoms with Gasteiger partial charge in [0.1, 0.15) is 10.6 Å². The molecule has 0 aliphatic carbocycles. The molecule has 11 heteroatoms. The van der Waals surface area contributed by atoms with E-state index in [9.17, 15) is 9.59 Å². The normalized spacial score (nSPS) is 10.8. The number of hydrogen-bond acceptors (Lipinski definition) is 8. The Hall–Kier alpha value is -3.08. The molecule has 0 aliphatic rings. The number of carbonyl (C=O) groups is 2. The number of amides is 1. The van der Waals surface area contributed by atoms with Crippen LogP contribution in [0.2, 0.25) is 5.02 Å². The first-order valence-electron chi connectivity index (χ1n) is 9.30. The van der Waals surface area contributed by atoms with Gasteiger partial charge in [0.05, 0.1) is 19.1 Å². The van der Waals surface area contributed by atoms with E-state index in [2.05, 4.69) is 15.5 Å². The van der Waals surface area contributed by atoms with Gasteiger partial charge in [0, 0.05) is 28.6 Å². The van der Waals surface area contributed by atoms with Crippen molar-refractivity contribution in [1.82, 2.24) is 14.8 Å². The van der Waals surface area contributed by atoms with Crippen molar-refractivity contribution in [2.45, 2.75) is 5.16 Å². The van der Waals surface area contributed by atoms with Crippen molar-refractivity contribution >= 4 is 51.6 Å². The third-order valence-electron chi connectivity index (χ3n) is 4.51. The number of carbonyl (C=O) groups excluding carboxylic acids is 2. The molecule has 0 bridgehead atoms. The van der Waals surface area contributed by atoms with Crippen LogP contribution >= 0.6 is 34.7 Å². The number of anilines is 1. The number of methoxy groups -OCH3 is 1. The lowest BCUT2D eigenvalue weighted by Crippen LogP contribution is -2.16. The minimum Gasteiger partial charge on any atom is -0.465 e. The Morgan fingerprint density at radius 2 is 2.03 bits per heavy atom. The van der Waals surface area contributed by atoms with Crippen LogP contribution in [0.4, 0.5) is 5.00 Å². The highest BCUT2D eigenvalue weighted by molar-refractivity contribution is 7.99. The van der Waals surface area contributed by atoms with Gasteiger partial charge in [-0.15, -0.1) is 21.5 Å². The third-order valence-corrected chi connectivity index (χ3v) is 6.75. The van der Waals surface area contributed by atoms with Gasteiger partial charge in [0.2, 0.25) is 5.91 Å². The van der Waals surface area contributed by atoms with Gasteiger partial charge >= 0.3 is 5.97 Å². The molecule has 3 aromatic heterocycles. The summed E-state index contributed by atoms with van der Waals surface area (Å²) in [5.74, 6) is 0.373. The number of benzene rings is 1. The summed E-state index contributed by atoms with van der Waals surface area (Å²) in [5.41, 5.74) is 1.56. The van der Waals surface area contributed by atoms with Gasteiger partial charge in [-0.05, 0) is 18.2 Å². The molecule has 4 rings (SSSR count). The number of thiophene rings is 1. The largest absolute Gasteiger partial charge is 0.465 e. The zero-order valence-corrected chi connectivity index (χ0v) is 19.4. The van der Waals surface area contributed by atoms with E-state index in [1.54, 1.807) is 47.5 Å². The number of rotatable bonds is 7. The topological polar surface area (TPSA) is 99.2 Å². The van der Waals surface area contributed by atoms with E-state index < -0.39 is 5.97 Å². The molecular weight excluding hydrogens is 472 g/mol. The molecule has 0 aliphatic heterocycles. The van der Waals surface area contributed by atoms with Gasteiger partial charge in [-0.2, -0.15) is 0 Å². The molecule has 0 saturated carbocycles. The highest BCUT2D eigenvalue weighted by atomic mass is 35.5. The maximum atomic E-state index is 12.6. The van der Waals surface area contributed by atoms with Crippen LogP contribution in [-0.2, 0) is 16.6 Å². The number of nitrogens with one attached hydrogen (secondary N) is 1. The number of aromatic nitrogens is 3. The van der Waals surface area contributed by atoms with Crippen LogP contribution in [0.25, 0.3) is 22.7 Å². The minimum absolute atomic E-state index is 0.0735. The van der Waals surface area contributed by atoms with Crippen molar-refractivity contribution in [2.75, 3.05) is 18.2 Å². The Morgan fingerprint density at radius 3 is 2.75 bits per heavy atom. The van der Waals surface area contributed by atoms with Gasteiger partial charge < -0.3 is 19.0 Å². The average Bonchev–Trinajstić information content (AvgIpc) is 3.53. The van der Waals surface area contributed by atoms with Crippen molar-refractivity contribution in [2.24, 2.45) is 7.05 Å². The number of furan rings is 1. The first kappa shape index (κ1) is 22.1. The lowest BCUT2D eigenvalue weighted by Gasteiger charge is -2.08. The predicted octanol–water partition coefficient (Wildman–Crippen LogP) is 4.97. The lowest BCUT2D eigenvalue weighted by molar-refractivity contribution is -0.113. The maximum absolute atomic E-state index is 12.6. The molecule has 164 valence electrons. The smallest absolute Gasteiger partial charge is 0.341 e. The second kappa shape index (κ2) is 9.60. The fourth-order valence-electron chi connectivity index (χ4n) is 2.99. The summed E-state index contributed by atoms with van der Waals surface area (Å²) >= 11 is 8.76. The summed E-state index contributed by atoms with van der Waals surface area (Å²) < 4.78 is 12.0. The van der Waals surface area contributed by atoms with Crippen molar-refractivity contribution in [3.05, 3.63) is 58.6 Å². The van der Waals surface area contributed by atoms with Gasteiger partial charge in [-0.1, -0.05) is 41.6 Å². The van der Waals surface area contributed by atoms with E-state index in [4.69, 9.17) is 20.8 Å². The molecule has 0 atom stereocenters. The van der Waals surface area contributed by atoms with Crippen molar-refractivity contribution in [3.8, 4) is 22.7 Å². The molecule has 1 amide bonds. The zero-order chi connectivity index (χ0) is 22.7. The van der Waals surface area contributed by atoms with Crippen LogP contribution < -0.4 is 5.32 Å². The Morgan fingerprint density at radius 1 is 1.22 bits per heavy atom. The minimum atomic E-state index is -0.555. The summed E-state index contributed by atoms with van der Waals surface area (Å²) in [4.78, 5) is 25.1. The Kier molecular flexibility index (Phi) is 6.63. The molecule has 0 radical (unpaired) electrons. The Balaban J connectivity index is 1.50. The zero-order valence-electron chi connectivity index (χ0n) is 17.0. The number of halogens is 1. The lowest BCUT2D eigenvalue weighted by atomic mass is 10.0. The van der Waals surface area contributed by atoms with Gasteiger partial charge in [0.15, 0.2) is 16.7 Å². The van der Waals surface area contributed by atoms with Gasteiger partial charge in [-0.3, -0.25) is 4.79 Å². The van der Waals surface area contributed by atoms with E-state index in [1.807, 2.05) is 12.1 Å². The van der Waals surface area contributed by atoms with Crippen LogP contribution in [0.1, 0.15) is 10.4 Å². The Bertz CT molecular complexity index is 1270. The highest BCUT2D eigenvalue weighted by Crippen LogP contribution is 2.39. The molecule has 4 aromatic rings. The molecule has 1 aromatic carbocycles. The van der Waals surface area contributed by atoms with Crippen LogP contribution in [-0.4, -0.2) is 39.5 Å². The number of thioether (sulfide) groups is 1. The predicted molar refractivity (Wildman–Crippen MR) is 124 cm³/mol. The molecule has 0 spiro atoms. The summed E-state index contributed by atoms with van der Waals surface area (Å²) in [5, 5.41) is 14.2. The van der Waals surface area contributed by atoms with Crippen LogP contribution in [0.3, 0.4) is 0 Å². The monoisotopic (exact) mass is 488 g/mol. The first-order valence-corrected chi connectivity index (χ1v) is 11.5. The number of ether oxygens (including phenoxy) is 1. The fourth-order valence-corrected chi connectivity index (χ4v) is 4.90. The number of hydrogen-bond donors (Lipinski definition) is 1. The summed E-state index contributed by atoms with van der Waals surface area (Å²) in [7, 11) is 3.09. The first-order chi connectivity index (χ1) is 15.5. The van der Waals surface area contributed by atoms with Crippen LogP contribution in [0, 0.1) is 0 Å². The second-order valence-electron chi connectivity index (χ2n) is 6.50. The fraction of sp³-hybridized carbons (Fsp3) is 0.143. The summed E-state index contributed by atoms with van der Waals surface area (Å²) in [6.45, 7) is 0. The van der Waals surface area contributed by atoms with Crippen molar-refractivity contribution in [1.29, 1.82) is 0 Å². The van der Waals surface area contributed by atoms with Crippen LogP contribution in [0.5, 0.6) is 0 Å². The Labute approximate surface area is 196 Å². The van der Waals surface area contributed by atoms with E-state index in [-0.39, 0.29) is 17.2 Å². The SMILES string of the molecule is COC(=O)c1c(-c2ccccc2Cl)csc1NC(=O)CSc1nnc(-c2ccco2)n1C. The van der Waals surface area contributed by atoms with Gasteiger partial charge in [0.25, 0.3) is 0 Å². The third kappa shape index (κ3) is 4.43. The summed E-state index contributed by atoms with van der Waals surface area (Å²) in [6.07, 6.45) is 1.56. The maximum Gasteiger partial charge on any atom is 0.341 e. The molecule has 1 N–H and O–H groups in total. The second-order valence-corrected chi connectivity index (χ2v) is 8.73. The molecule has 0 fully saturated rings. The number of nitrogens with zero attached hydrogens (tertiary/aromatic N) is 3. The van der Waals surface area contributed by atoms with Crippen LogP contribution in [0.15, 0.2) is 57.6 Å². The van der Waals surface area contributed by atoms with Crippen molar-refractivity contribution in [3.63, 3.8) is 0 Å². The molecule has 8 nitrogen and oxygen atoms in total. The van der Waals surface area contributed by atoms with Crippen molar-refractivity contribution < 1.29 is 18.7 Å². The standard InChI is InChI=1S/C21H17ClN4O4S2/c1-26-18(15-8-5-9-30-15)24-25-21(26)32-11-16(27)23-19-17(20(28)29-2)13(10-31-19)12-6-3-4-7-14(12)22/h3-10H,11H2,1-2H3,(H,23,27). The van der Waals surface area contributed by atoms with E-state index >= 15 is 0 Å². The summed E-state index contributed by atoms with van der Waals surface area (Å²) in [6, 6.07) is 10.7. The highest BCUT2D eigenvalue weighted by Gasteiger charge is 2.24. The van der Waals surface area contributed by atoms with E-state index in [0.717, 1.165) is 0 Å². The molecule has 0 unspecified atom stereocenters. The number of esters is 1. The molecule has 32 heavy (non-hydrogen) atoms. The average molecular weight is 489 g/mol. The van der Waals surface area contributed by atoms with E-state index in [0.29, 0.717) is 37.9 Å². The molecule has 0 saturated heterocycles. The van der Waals surface area contributed by atoms with E-state index in [1.165, 1.54) is 30.2 Å².